The number of hydrogen-bond donors (Lipinski definition) is 1. The Morgan fingerprint density at radius 2 is 2.62 bits per heavy atom. The van der Waals surface area contributed by atoms with Crippen LogP contribution in [0.15, 0.2) is 16.8 Å². The maximum absolute atomic E-state index is 10.2. The van der Waals surface area contributed by atoms with Crippen molar-refractivity contribution in [2.24, 2.45) is 10.7 Å². The van der Waals surface area contributed by atoms with E-state index in [9.17, 15) is 4.79 Å². The molecule has 1 amide bonds. The van der Waals surface area contributed by atoms with Crippen LogP contribution in [0, 0.1) is 0 Å². The van der Waals surface area contributed by atoms with Gasteiger partial charge in [-0.2, -0.15) is 0 Å². The van der Waals surface area contributed by atoms with Crippen LogP contribution in [0.25, 0.3) is 0 Å². The first kappa shape index (κ1) is 5.03. The number of aliphatic imine (C=N–C) groups is 1. The Balaban J connectivity index is 2.72. The van der Waals surface area contributed by atoms with E-state index in [4.69, 9.17) is 5.73 Å². The molecule has 0 bridgehead atoms. The van der Waals surface area contributed by atoms with Gasteiger partial charge in [-0.15, -0.1) is 0 Å². The molecule has 0 saturated heterocycles. The Bertz CT molecular complexity index is 169. The highest BCUT2D eigenvalue weighted by atomic mass is 16.1. The van der Waals surface area contributed by atoms with Crippen LogP contribution in [0.1, 0.15) is 6.42 Å². The summed E-state index contributed by atoms with van der Waals surface area (Å²) >= 11 is 0. The van der Waals surface area contributed by atoms with Crippen LogP contribution < -0.4 is 5.73 Å². The minimum absolute atomic E-state index is 0.380. The SMILES string of the molecule is NC(=O)C1=CCC=N1. The topological polar surface area (TPSA) is 55.5 Å². The summed E-state index contributed by atoms with van der Waals surface area (Å²) in [4.78, 5) is 13.9. The van der Waals surface area contributed by atoms with Crippen molar-refractivity contribution in [3.8, 4) is 0 Å². The highest BCUT2D eigenvalue weighted by Gasteiger charge is 2.03. The maximum atomic E-state index is 10.2. The van der Waals surface area contributed by atoms with Crippen LogP contribution in [-0.4, -0.2) is 12.1 Å². The molecule has 0 saturated carbocycles. The summed E-state index contributed by atoms with van der Waals surface area (Å²) < 4.78 is 0. The molecule has 0 spiro atoms. The predicted molar refractivity (Wildman–Crippen MR) is 30.4 cm³/mol. The summed E-state index contributed by atoms with van der Waals surface area (Å²) in [6, 6.07) is 0. The zero-order chi connectivity index (χ0) is 5.98. The molecule has 0 aromatic heterocycles. The molecule has 1 aliphatic rings. The summed E-state index contributed by atoms with van der Waals surface area (Å²) in [5.41, 5.74) is 5.26. The quantitative estimate of drug-likeness (QED) is 0.500. The fourth-order valence-electron chi connectivity index (χ4n) is 0.532. The minimum Gasteiger partial charge on any atom is -0.364 e. The first-order chi connectivity index (χ1) is 3.80. The number of allylic oxidation sites excluding steroid dienone is 1. The van der Waals surface area contributed by atoms with E-state index in [1.807, 2.05) is 0 Å². The van der Waals surface area contributed by atoms with Crippen molar-refractivity contribution in [1.82, 2.24) is 0 Å². The Hall–Kier alpha value is -1.12. The molecule has 42 valence electrons. The van der Waals surface area contributed by atoms with Gasteiger partial charge in [-0.05, 0) is 6.08 Å². The van der Waals surface area contributed by atoms with Crippen molar-refractivity contribution >= 4 is 12.1 Å². The number of primary amides is 1. The molecule has 0 aliphatic carbocycles. The van der Waals surface area contributed by atoms with E-state index in [2.05, 4.69) is 4.99 Å². The standard InChI is InChI=1S/C5H6N2O/c6-5(8)4-2-1-3-7-4/h2-3H,1H2,(H2,6,8). The predicted octanol–water partition coefficient (Wildman–Crippen LogP) is -0.170. The number of carbonyl (C=O) groups is 1. The molecule has 1 rings (SSSR count). The monoisotopic (exact) mass is 110 g/mol. The minimum atomic E-state index is -0.446. The van der Waals surface area contributed by atoms with Gasteiger partial charge in [0, 0.05) is 12.6 Å². The van der Waals surface area contributed by atoms with Crippen molar-refractivity contribution in [3.63, 3.8) is 0 Å². The molecule has 0 radical (unpaired) electrons. The third-order valence-electron chi connectivity index (χ3n) is 0.899. The summed E-state index contributed by atoms with van der Waals surface area (Å²) in [5, 5.41) is 0. The van der Waals surface area contributed by atoms with E-state index in [1.165, 1.54) is 0 Å². The zero-order valence-corrected chi connectivity index (χ0v) is 4.29. The highest BCUT2D eigenvalue weighted by Crippen LogP contribution is 2.02. The van der Waals surface area contributed by atoms with Crippen molar-refractivity contribution in [2.75, 3.05) is 0 Å². The van der Waals surface area contributed by atoms with Gasteiger partial charge in [-0.25, -0.2) is 0 Å². The summed E-state index contributed by atoms with van der Waals surface area (Å²) in [7, 11) is 0. The molecule has 1 heterocycles. The van der Waals surface area contributed by atoms with Crippen LogP contribution in [0.5, 0.6) is 0 Å². The smallest absolute Gasteiger partial charge is 0.266 e. The van der Waals surface area contributed by atoms with Crippen LogP contribution >= 0.6 is 0 Å². The molecule has 2 N–H and O–H groups in total. The molecule has 8 heavy (non-hydrogen) atoms. The lowest BCUT2D eigenvalue weighted by Gasteiger charge is -1.84. The van der Waals surface area contributed by atoms with Gasteiger partial charge in [0.05, 0.1) is 0 Å². The molecule has 0 unspecified atom stereocenters. The highest BCUT2D eigenvalue weighted by molar-refractivity contribution is 5.95. The fraction of sp³-hybridized carbons (Fsp3) is 0.200. The second-order valence-electron chi connectivity index (χ2n) is 1.50. The van der Waals surface area contributed by atoms with Gasteiger partial charge in [-0.1, -0.05) is 0 Å². The average Bonchev–Trinajstić information content (AvgIpc) is 2.12. The van der Waals surface area contributed by atoms with E-state index in [0.29, 0.717) is 5.70 Å². The van der Waals surface area contributed by atoms with E-state index in [1.54, 1.807) is 12.3 Å². The molecule has 1 aliphatic heterocycles. The summed E-state index contributed by atoms with van der Waals surface area (Å²) in [5.74, 6) is -0.446. The lowest BCUT2D eigenvalue weighted by atomic mass is 10.4. The van der Waals surface area contributed by atoms with Gasteiger partial charge in [0.1, 0.15) is 5.70 Å². The lowest BCUT2D eigenvalue weighted by molar-refractivity contribution is -0.114. The van der Waals surface area contributed by atoms with E-state index < -0.39 is 5.91 Å². The van der Waals surface area contributed by atoms with Crippen LogP contribution in [0.3, 0.4) is 0 Å². The van der Waals surface area contributed by atoms with Crippen molar-refractivity contribution in [1.29, 1.82) is 0 Å². The van der Waals surface area contributed by atoms with Gasteiger partial charge in [-0.3, -0.25) is 9.79 Å². The Morgan fingerprint density at radius 3 is 2.88 bits per heavy atom. The van der Waals surface area contributed by atoms with Crippen molar-refractivity contribution in [2.45, 2.75) is 6.42 Å². The van der Waals surface area contributed by atoms with Crippen molar-refractivity contribution in [3.05, 3.63) is 11.8 Å². The number of amides is 1. The van der Waals surface area contributed by atoms with Crippen LogP contribution in [-0.2, 0) is 4.79 Å². The second kappa shape index (κ2) is 1.78. The zero-order valence-electron chi connectivity index (χ0n) is 4.29. The Morgan fingerprint density at radius 1 is 1.88 bits per heavy atom. The first-order valence-corrected chi connectivity index (χ1v) is 2.33. The van der Waals surface area contributed by atoms with E-state index in [0.717, 1.165) is 6.42 Å². The molecule has 0 aromatic rings. The molecule has 0 atom stereocenters. The van der Waals surface area contributed by atoms with Gasteiger partial charge in [0.15, 0.2) is 0 Å². The number of carbonyl (C=O) groups excluding carboxylic acids is 1. The number of rotatable bonds is 1. The van der Waals surface area contributed by atoms with Crippen LogP contribution in [0.2, 0.25) is 0 Å². The van der Waals surface area contributed by atoms with E-state index >= 15 is 0 Å². The van der Waals surface area contributed by atoms with Gasteiger partial charge >= 0.3 is 0 Å². The molecule has 3 nitrogen and oxygen atoms in total. The first-order valence-electron chi connectivity index (χ1n) is 2.33. The molecule has 0 aromatic carbocycles. The number of hydrogen-bond acceptors (Lipinski definition) is 2. The molecular formula is C5H6N2O. The largest absolute Gasteiger partial charge is 0.364 e. The normalized spacial score (nSPS) is 16.2. The lowest BCUT2D eigenvalue weighted by Crippen LogP contribution is -2.11. The van der Waals surface area contributed by atoms with Crippen LogP contribution in [0.4, 0.5) is 0 Å². The molecule has 0 fully saturated rings. The van der Waals surface area contributed by atoms with E-state index in [-0.39, 0.29) is 0 Å². The number of nitrogens with zero attached hydrogens (tertiary/aromatic N) is 1. The maximum Gasteiger partial charge on any atom is 0.266 e. The summed E-state index contributed by atoms with van der Waals surface area (Å²) in [6.07, 6.45) is 4.08. The number of nitrogens with two attached hydrogens (primary N) is 1. The Labute approximate surface area is 46.9 Å². The van der Waals surface area contributed by atoms with Gasteiger partial charge in [0.2, 0.25) is 0 Å². The fourth-order valence-corrected chi connectivity index (χ4v) is 0.532. The summed E-state index contributed by atoms with van der Waals surface area (Å²) in [6.45, 7) is 0. The average molecular weight is 110 g/mol. The van der Waals surface area contributed by atoms with Crippen molar-refractivity contribution < 1.29 is 4.79 Å². The second-order valence-corrected chi connectivity index (χ2v) is 1.50. The molecular weight excluding hydrogens is 104 g/mol. The third kappa shape index (κ3) is 0.753. The Kier molecular flexibility index (Phi) is 1.12. The van der Waals surface area contributed by atoms with Gasteiger partial charge in [0.25, 0.3) is 5.91 Å². The third-order valence-corrected chi connectivity index (χ3v) is 0.899. The van der Waals surface area contributed by atoms with Gasteiger partial charge < -0.3 is 5.73 Å². The molecule has 3 heteroatoms.